The van der Waals surface area contributed by atoms with Crippen molar-refractivity contribution in [3.63, 3.8) is 0 Å². The third-order valence-corrected chi connectivity index (χ3v) is 8.51. The SMILES string of the molecule is CCNC(=O)NCc1ccc(C2OC(CSc3ccccc3N)C(c3ccccc3)C(c3ccc(CO)cc3)O2)cc1. The topological polar surface area (TPSA) is 106 Å². The predicted octanol–water partition coefficient (Wildman–Crippen LogP) is 6.31. The summed E-state index contributed by atoms with van der Waals surface area (Å²) in [4.78, 5) is 12.8. The minimum absolute atomic E-state index is 0.0152. The van der Waals surface area contributed by atoms with Crippen LogP contribution in [0.4, 0.5) is 10.5 Å². The summed E-state index contributed by atoms with van der Waals surface area (Å²) in [6.07, 6.45) is -1.09. The second-order valence-corrected chi connectivity index (χ2v) is 11.3. The highest BCUT2D eigenvalue weighted by atomic mass is 32.2. The first kappa shape index (κ1) is 29.7. The van der Waals surface area contributed by atoms with Gasteiger partial charge in [-0.1, -0.05) is 91.0 Å². The molecule has 218 valence electrons. The smallest absolute Gasteiger partial charge is 0.315 e. The van der Waals surface area contributed by atoms with Gasteiger partial charge in [0, 0.05) is 40.9 Å². The quantitative estimate of drug-likeness (QED) is 0.129. The largest absolute Gasteiger partial charge is 0.398 e. The number of urea groups is 1. The third kappa shape index (κ3) is 7.33. The minimum atomic E-state index is -0.600. The number of nitrogen functional groups attached to an aromatic ring is 1. The number of nitrogens with one attached hydrogen (secondary N) is 2. The van der Waals surface area contributed by atoms with E-state index < -0.39 is 6.29 Å². The number of amides is 2. The zero-order chi connectivity index (χ0) is 29.3. The summed E-state index contributed by atoms with van der Waals surface area (Å²) < 4.78 is 13.5. The molecule has 4 unspecified atom stereocenters. The molecule has 0 aliphatic carbocycles. The molecule has 4 atom stereocenters. The van der Waals surface area contributed by atoms with Crippen molar-refractivity contribution in [1.29, 1.82) is 0 Å². The van der Waals surface area contributed by atoms with Gasteiger partial charge >= 0.3 is 6.03 Å². The third-order valence-electron chi connectivity index (χ3n) is 7.34. The van der Waals surface area contributed by atoms with E-state index in [0.717, 1.165) is 38.4 Å². The monoisotopic (exact) mass is 583 g/mol. The molecule has 2 amide bonds. The maximum Gasteiger partial charge on any atom is 0.315 e. The molecule has 5 N–H and O–H groups in total. The number of anilines is 1. The fourth-order valence-corrected chi connectivity index (χ4v) is 6.17. The number of carbonyl (C=O) groups is 1. The van der Waals surface area contributed by atoms with E-state index in [1.165, 1.54) is 0 Å². The van der Waals surface area contributed by atoms with Crippen LogP contribution in [0.2, 0.25) is 0 Å². The van der Waals surface area contributed by atoms with E-state index in [4.69, 9.17) is 15.2 Å². The Morgan fingerprint density at radius 3 is 2.17 bits per heavy atom. The number of para-hydroxylation sites is 1. The molecule has 0 saturated carbocycles. The van der Waals surface area contributed by atoms with Crippen LogP contribution in [0.5, 0.6) is 0 Å². The van der Waals surface area contributed by atoms with Gasteiger partial charge < -0.3 is 30.9 Å². The molecular formula is C34H37N3O4S. The zero-order valence-electron chi connectivity index (χ0n) is 23.6. The maximum atomic E-state index is 11.8. The average Bonchev–Trinajstić information content (AvgIpc) is 3.04. The van der Waals surface area contributed by atoms with E-state index in [1.54, 1.807) is 11.8 Å². The van der Waals surface area contributed by atoms with Crippen LogP contribution in [-0.2, 0) is 22.6 Å². The molecule has 5 rings (SSSR count). The second-order valence-electron chi connectivity index (χ2n) is 10.2. The second kappa shape index (κ2) is 14.4. The van der Waals surface area contributed by atoms with Crippen LogP contribution >= 0.6 is 11.8 Å². The number of thioether (sulfide) groups is 1. The Hall–Kier alpha value is -3.82. The van der Waals surface area contributed by atoms with Crippen molar-refractivity contribution in [3.8, 4) is 0 Å². The number of ether oxygens (including phenoxy) is 2. The summed E-state index contributed by atoms with van der Waals surface area (Å²) in [5.74, 6) is 0.591. The molecule has 8 heteroatoms. The lowest BCUT2D eigenvalue weighted by atomic mass is 9.84. The Balaban J connectivity index is 1.46. The lowest BCUT2D eigenvalue weighted by Crippen LogP contribution is -2.38. The summed E-state index contributed by atoms with van der Waals surface area (Å²) in [5, 5.41) is 15.2. The molecule has 1 saturated heterocycles. The average molecular weight is 584 g/mol. The summed E-state index contributed by atoms with van der Waals surface area (Å²) in [7, 11) is 0. The van der Waals surface area contributed by atoms with Gasteiger partial charge in [-0.15, -0.1) is 11.8 Å². The van der Waals surface area contributed by atoms with Crippen LogP contribution in [0.25, 0.3) is 0 Å². The van der Waals surface area contributed by atoms with Crippen LogP contribution in [0.1, 0.15) is 53.1 Å². The Bertz CT molecular complexity index is 1430. The number of hydrogen-bond acceptors (Lipinski definition) is 6. The molecular weight excluding hydrogens is 546 g/mol. The van der Waals surface area contributed by atoms with E-state index in [9.17, 15) is 9.90 Å². The first-order valence-corrected chi connectivity index (χ1v) is 15.2. The number of rotatable bonds is 10. The summed E-state index contributed by atoms with van der Waals surface area (Å²) in [6, 6.07) is 33.9. The van der Waals surface area contributed by atoms with E-state index in [0.29, 0.717) is 18.8 Å². The molecule has 4 aromatic rings. The fourth-order valence-electron chi connectivity index (χ4n) is 5.13. The highest BCUT2D eigenvalue weighted by Gasteiger charge is 2.41. The molecule has 0 radical (unpaired) electrons. The number of hydrogen-bond donors (Lipinski definition) is 4. The Kier molecular flexibility index (Phi) is 10.2. The number of aliphatic hydroxyl groups is 1. The zero-order valence-corrected chi connectivity index (χ0v) is 24.4. The van der Waals surface area contributed by atoms with Gasteiger partial charge in [0.2, 0.25) is 0 Å². The molecule has 1 aliphatic rings. The van der Waals surface area contributed by atoms with Crippen LogP contribution in [-0.4, -0.2) is 29.5 Å². The van der Waals surface area contributed by atoms with Crippen molar-refractivity contribution in [3.05, 3.63) is 131 Å². The summed E-state index contributed by atoms with van der Waals surface area (Å²) in [5.41, 5.74) is 11.9. The molecule has 7 nitrogen and oxygen atoms in total. The van der Waals surface area contributed by atoms with Gasteiger partial charge in [-0.2, -0.15) is 0 Å². The van der Waals surface area contributed by atoms with Gasteiger partial charge in [-0.3, -0.25) is 0 Å². The van der Waals surface area contributed by atoms with Crippen LogP contribution in [0, 0.1) is 0 Å². The van der Waals surface area contributed by atoms with Crippen LogP contribution < -0.4 is 16.4 Å². The predicted molar refractivity (Wildman–Crippen MR) is 167 cm³/mol. The van der Waals surface area contributed by atoms with Crippen LogP contribution in [0.15, 0.2) is 108 Å². The first-order chi connectivity index (χ1) is 20.6. The van der Waals surface area contributed by atoms with Crippen molar-refractivity contribution >= 4 is 23.5 Å². The van der Waals surface area contributed by atoms with Crippen molar-refractivity contribution < 1.29 is 19.4 Å². The van der Waals surface area contributed by atoms with Crippen molar-refractivity contribution in [2.45, 2.75) is 49.4 Å². The van der Waals surface area contributed by atoms with Crippen molar-refractivity contribution in [2.24, 2.45) is 0 Å². The standard InChI is InChI=1S/C34H37N3O4S/c1-2-36-34(39)37-20-23-12-18-27(19-13-23)33-40-29(22-42-30-11-7-6-10-28(30)35)31(25-8-4-3-5-9-25)32(41-33)26-16-14-24(21-38)15-17-26/h3-19,29,31-33,38H,2,20-22,35H2,1H3,(H2,36,37,39). The Morgan fingerprint density at radius 2 is 1.48 bits per heavy atom. The van der Waals surface area contributed by atoms with E-state index >= 15 is 0 Å². The molecule has 42 heavy (non-hydrogen) atoms. The van der Waals surface area contributed by atoms with Gasteiger partial charge in [-0.25, -0.2) is 4.79 Å². The van der Waals surface area contributed by atoms with Crippen molar-refractivity contribution in [2.75, 3.05) is 18.0 Å². The highest BCUT2D eigenvalue weighted by Crippen LogP contribution is 2.48. The van der Waals surface area contributed by atoms with E-state index in [-0.39, 0.29) is 30.8 Å². The van der Waals surface area contributed by atoms with E-state index in [1.807, 2.05) is 97.9 Å². The molecule has 1 heterocycles. The van der Waals surface area contributed by atoms with E-state index in [2.05, 4.69) is 22.8 Å². The fraction of sp³-hybridized carbons (Fsp3) is 0.265. The number of benzene rings is 4. The number of carbonyl (C=O) groups excluding carboxylic acids is 1. The number of nitrogens with two attached hydrogens (primary N) is 1. The normalized spacial score (nSPS) is 20.1. The molecule has 1 aliphatic heterocycles. The molecule has 0 bridgehead atoms. The van der Waals surface area contributed by atoms with Crippen LogP contribution in [0.3, 0.4) is 0 Å². The first-order valence-electron chi connectivity index (χ1n) is 14.2. The van der Waals surface area contributed by atoms with Gasteiger partial charge in [0.25, 0.3) is 0 Å². The van der Waals surface area contributed by atoms with Crippen molar-refractivity contribution in [1.82, 2.24) is 10.6 Å². The molecule has 0 aromatic heterocycles. The lowest BCUT2D eigenvalue weighted by Gasteiger charge is -2.43. The van der Waals surface area contributed by atoms with Gasteiger partial charge in [0.15, 0.2) is 6.29 Å². The summed E-state index contributed by atoms with van der Waals surface area (Å²) in [6.45, 7) is 2.87. The molecule has 1 fully saturated rings. The lowest BCUT2D eigenvalue weighted by molar-refractivity contribution is -0.255. The Morgan fingerprint density at radius 1 is 0.810 bits per heavy atom. The molecule has 0 spiro atoms. The maximum absolute atomic E-state index is 11.8. The number of aliphatic hydroxyl groups excluding tert-OH is 1. The van der Waals surface area contributed by atoms with Gasteiger partial charge in [-0.05, 0) is 41.3 Å². The highest BCUT2D eigenvalue weighted by molar-refractivity contribution is 7.99. The molecule has 4 aromatic carbocycles. The summed E-state index contributed by atoms with van der Waals surface area (Å²) >= 11 is 1.68. The minimum Gasteiger partial charge on any atom is -0.398 e. The van der Waals surface area contributed by atoms with Gasteiger partial charge in [0.1, 0.15) is 0 Å². The van der Waals surface area contributed by atoms with Gasteiger partial charge in [0.05, 0.1) is 18.8 Å². The Labute approximate surface area is 251 Å².